The Bertz CT molecular complexity index is 712. The van der Waals surface area contributed by atoms with Gasteiger partial charge in [0.25, 0.3) is 11.8 Å². The van der Waals surface area contributed by atoms with E-state index in [1.54, 1.807) is 36.4 Å². The summed E-state index contributed by atoms with van der Waals surface area (Å²) < 4.78 is 5.06. The minimum Gasteiger partial charge on any atom is -0.459 e. The van der Waals surface area contributed by atoms with Gasteiger partial charge in [0, 0.05) is 17.3 Å². The predicted molar refractivity (Wildman–Crippen MR) is 91.0 cm³/mol. The predicted octanol–water partition coefficient (Wildman–Crippen LogP) is 2.26. The standard InChI is InChI=1S/C18H21N3O3/c1-12-11-19-8-7-15(12)21-17(22)13-4-2-5-14(10-13)20-18(23)16-6-3-9-24-16/h2-6,9-10,12,15,19H,7-8,11H2,1H3,(H,20,23)(H,21,22). The van der Waals surface area contributed by atoms with Crippen LogP contribution in [0.25, 0.3) is 0 Å². The van der Waals surface area contributed by atoms with Crippen molar-refractivity contribution < 1.29 is 14.0 Å². The van der Waals surface area contributed by atoms with E-state index in [1.807, 2.05) is 0 Å². The Labute approximate surface area is 140 Å². The fourth-order valence-electron chi connectivity index (χ4n) is 2.82. The molecule has 1 saturated heterocycles. The second kappa shape index (κ2) is 7.31. The minimum absolute atomic E-state index is 0.122. The molecule has 1 aromatic carbocycles. The minimum atomic E-state index is -0.343. The lowest BCUT2D eigenvalue weighted by Crippen LogP contribution is -2.48. The number of furan rings is 1. The van der Waals surface area contributed by atoms with Gasteiger partial charge in [0.2, 0.25) is 0 Å². The van der Waals surface area contributed by atoms with E-state index in [4.69, 9.17) is 4.42 Å². The van der Waals surface area contributed by atoms with Crippen molar-refractivity contribution in [1.29, 1.82) is 0 Å². The summed E-state index contributed by atoms with van der Waals surface area (Å²) in [6.45, 7) is 3.94. The third-order valence-corrected chi connectivity index (χ3v) is 4.23. The first-order valence-electron chi connectivity index (χ1n) is 8.10. The molecule has 1 fully saturated rings. The van der Waals surface area contributed by atoms with E-state index < -0.39 is 0 Å². The van der Waals surface area contributed by atoms with Gasteiger partial charge in [-0.05, 0) is 55.8 Å². The van der Waals surface area contributed by atoms with Crippen LogP contribution >= 0.6 is 0 Å². The van der Waals surface area contributed by atoms with Crippen LogP contribution in [0.5, 0.6) is 0 Å². The van der Waals surface area contributed by atoms with Gasteiger partial charge in [0.15, 0.2) is 5.76 Å². The molecule has 2 aromatic rings. The molecule has 6 heteroatoms. The molecule has 1 aliphatic heterocycles. The maximum atomic E-state index is 12.5. The van der Waals surface area contributed by atoms with Crippen molar-refractivity contribution >= 4 is 17.5 Å². The SMILES string of the molecule is CC1CNCCC1NC(=O)c1cccc(NC(=O)c2ccco2)c1. The number of hydrogen-bond acceptors (Lipinski definition) is 4. The molecule has 0 aliphatic carbocycles. The molecule has 0 radical (unpaired) electrons. The summed E-state index contributed by atoms with van der Waals surface area (Å²) in [7, 11) is 0. The fourth-order valence-corrected chi connectivity index (χ4v) is 2.82. The number of nitrogens with one attached hydrogen (secondary N) is 3. The summed E-state index contributed by atoms with van der Waals surface area (Å²) in [5.41, 5.74) is 1.08. The first-order chi connectivity index (χ1) is 11.6. The second-order valence-electron chi connectivity index (χ2n) is 6.06. The van der Waals surface area contributed by atoms with Crippen molar-refractivity contribution in [3.05, 3.63) is 54.0 Å². The molecule has 6 nitrogen and oxygen atoms in total. The summed E-state index contributed by atoms with van der Waals surface area (Å²) in [6.07, 6.45) is 2.36. The molecular formula is C18H21N3O3. The van der Waals surface area contributed by atoms with E-state index in [9.17, 15) is 9.59 Å². The number of benzene rings is 1. The second-order valence-corrected chi connectivity index (χ2v) is 6.06. The van der Waals surface area contributed by atoms with E-state index in [0.29, 0.717) is 17.2 Å². The van der Waals surface area contributed by atoms with Crippen LogP contribution in [0.15, 0.2) is 47.1 Å². The van der Waals surface area contributed by atoms with Crippen LogP contribution in [-0.2, 0) is 0 Å². The molecular weight excluding hydrogens is 306 g/mol. The summed E-state index contributed by atoms with van der Waals surface area (Å²) in [6, 6.07) is 10.3. The molecule has 1 aliphatic rings. The lowest BCUT2D eigenvalue weighted by atomic mass is 9.95. The van der Waals surface area contributed by atoms with E-state index in [1.165, 1.54) is 6.26 Å². The first kappa shape index (κ1) is 16.3. The molecule has 0 saturated carbocycles. The Kier molecular flexibility index (Phi) is 4.96. The van der Waals surface area contributed by atoms with Gasteiger partial charge >= 0.3 is 0 Å². The van der Waals surface area contributed by atoms with E-state index in [-0.39, 0.29) is 23.6 Å². The zero-order valence-electron chi connectivity index (χ0n) is 13.5. The Hall–Kier alpha value is -2.60. The highest BCUT2D eigenvalue weighted by Crippen LogP contribution is 2.15. The first-order valence-corrected chi connectivity index (χ1v) is 8.10. The zero-order chi connectivity index (χ0) is 16.9. The Balaban J connectivity index is 1.66. The highest BCUT2D eigenvalue weighted by molar-refractivity contribution is 6.03. The Morgan fingerprint density at radius 1 is 1.21 bits per heavy atom. The van der Waals surface area contributed by atoms with Crippen molar-refractivity contribution in [2.45, 2.75) is 19.4 Å². The summed E-state index contributed by atoms with van der Waals surface area (Å²) in [5, 5.41) is 9.13. The molecule has 3 rings (SSSR count). The average Bonchev–Trinajstić information content (AvgIpc) is 3.12. The monoisotopic (exact) mass is 327 g/mol. The maximum absolute atomic E-state index is 12.5. The van der Waals surface area contributed by atoms with Crippen LogP contribution in [0.1, 0.15) is 34.3 Å². The molecule has 2 unspecified atom stereocenters. The van der Waals surface area contributed by atoms with Crippen LogP contribution in [0.2, 0.25) is 0 Å². The summed E-state index contributed by atoms with van der Waals surface area (Å²) >= 11 is 0. The van der Waals surface area contributed by atoms with Crippen molar-refractivity contribution in [3.63, 3.8) is 0 Å². The number of amides is 2. The van der Waals surface area contributed by atoms with Gasteiger partial charge in [0.05, 0.1) is 6.26 Å². The zero-order valence-corrected chi connectivity index (χ0v) is 13.5. The normalized spacial score (nSPS) is 20.4. The van der Waals surface area contributed by atoms with Crippen LogP contribution in [0, 0.1) is 5.92 Å². The molecule has 0 bridgehead atoms. The number of hydrogen-bond donors (Lipinski definition) is 3. The van der Waals surface area contributed by atoms with Crippen molar-refractivity contribution in [3.8, 4) is 0 Å². The van der Waals surface area contributed by atoms with Crippen molar-refractivity contribution in [2.75, 3.05) is 18.4 Å². The topological polar surface area (TPSA) is 83.4 Å². The van der Waals surface area contributed by atoms with Crippen LogP contribution in [0.4, 0.5) is 5.69 Å². The third kappa shape index (κ3) is 3.83. The molecule has 2 amide bonds. The largest absolute Gasteiger partial charge is 0.459 e. The van der Waals surface area contributed by atoms with Gasteiger partial charge in [0.1, 0.15) is 0 Å². The summed E-state index contributed by atoms with van der Waals surface area (Å²) in [4.78, 5) is 24.5. The van der Waals surface area contributed by atoms with Gasteiger partial charge in [-0.15, -0.1) is 0 Å². The number of anilines is 1. The third-order valence-electron chi connectivity index (χ3n) is 4.23. The van der Waals surface area contributed by atoms with Gasteiger partial charge in [-0.25, -0.2) is 0 Å². The smallest absolute Gasteiger partial charge is 0.291 e. The van der Waals surface area contributed by atoms with E-state index >= 15 is 0 Å². The molecule has 2 atom stereocenters. The van der Waals surface area contributed by atoms with Gasteiger partial charge < -0.3 is 20.4 Å². The highest BCUT2D eigenvalue weighted by Gasteiger charge is 2.23. The quantitative estimate of drug-likeness (QED) is 0.804. The maximum Gasteiger partial charge on any atom is 0.291 e. The van der Waals surface area contributed by atoms with Crippen molar-refractivity contribution in [1.82, 2.24) is 10.6 Å². The number of carbonyl (C=O) groups is 2. The summed E-state index contributed by atoms with van der Waals surface area (Å²) in [5.74, 6) is 0.158. The number of carbonyl (C=O) groups excluding carboxylic acids is 2. The van der Waals surface area contributed by atoms with E-state index in [2.05, 4.69) is 22.9 Å². The molecule has 126 valence electrons. The lowest BCUT2D eigenvalue weighted by Gasteiger charge is -2.30. The van der Waals surface area contributed by atoms with Gasteiger partial charge in [-0.1, -0.05) is 13.0 Å². The molecule has 24 heavy (non-hydrogen) atoms. The number of rotatable bonds is 4. The number of piperidine rings is 1. The van der Waals surface area contributed by atoms with Gasteiger partial charge in [-0.2, -0.15) is 0 Å². The van der Waals surface area contributed by atoms with Gasteiger partial charge in [-0.3, -0.25) is 9.59 Å². The Morgan fingerprint density at radius 3 is 2.83 bits per heavy atom. The average molecular weight is 327 g/mol. The highest BCUT2D eigenvalue weighted by atomic mass is 16.3. The van der Waals surface area contributed by atoms with Crippen LogP contribution in [0.3, 0.4) is 0 Å². The van der Waals surface area contributed by atoms with Crippen LogP contribution < -0.4 is 16.0 Å². The fraction of sp³-hybridized carbons (Fsp3) is 0.333. The molecule has 1 aromatic heterocycles. The van der Waals surface area contributed by atoms with Crippen molar-refractivity contribution in [2.24, 2.45) is 5.92 Å². The lowest BCUT2D eigenvalue weighted by molar-refractivity contribution is 0.0913. The Morgan fingerprint density at radius 2 is 2.08 bits per heavy atom. The molecule has 3 N–H and O–H groups in total. The van der Waals surface area contributed by atoms with E-state index in [0.717, 1.165) is 19.5 Å². The van der Waals surface area contributed by atoms with Crippen LogP contribution in [-0.4, -0.2) is 30.9 Å². The molecule has 0 spiro atoms. The molecule has 2 heterocycles.